The molecule has 0 aliphatic heterocycles. The zero-order valence-corrected chi connectivity index (χ0v) is 25.7. The van der Waals surface area contributed by atoms with Crippen LogP contribution < -0.4 is 33.2 Å². The highest BCUT2D eigenvalue weighted by Gasteiger charge is 2.32. The van der Waals surface area contributed by atoms with Crippen molar-refractivity contribution in [3.63, 3.8) is 0 Å². The fraction of sp³-hybridized carbons (Fsp3) is 0.406. The predicted molar refractivity (Wildman–Crippen MR) is 173 cm³/mol. The third-order valence-electron chi connectivity index (χ3n) is 7.72. The fourth-order valence-electron chi connectivity index (χ4n) is 4.95. The van der Waals surface area contributed by atoms with Gasteiger partial charge in [0.15, 0.2) is 5.96 Å². The van der Waals surface area contributed by atoms with E-state index in [1.807, 2.05) is 50.4 Å². The van der Waals surface area contributed by atoms with Crippen LogP contribution >= 0.6 is 0 Å². The van der Waals surface area contributed by atoms with E-state index >= 15 is 0 Å². The molecule has 242 valence electrons. The molecule has 3 rings (SSSR count). The molecule has 5 atom stereocenters. The lowest BCUT2D eigenvalue weighted by Crippen LogP contribution is -2.59. The Kier molecular flexibility index (Phi) is 12.9. The van der Waals surface area contributed by atoms with Crippen molar-refractivity contribution < 1.29 is 24.3 Å². The number of guanidine groups is 1. The minimum atomic E-state index is -1.23. The van der Waals surface area contributed by atoms with Gasteiger partial charge in [0.2, 0.25) is 17.7 Å². The number of nitrogens with two attached hydrogens (primary N) is 3. The van der Waals surface area contributed by atoms with Crippen molar-refractivity contribution in [2.75, 3.05) is 6.54 Å². The molecule has 1 heterocycles. The maximum atomic E-state index is 13.6. The predicted octanol–water partition coefficient (Wildman–Crippen LogP) is 0.919. The van der Waals surface area contributed by atoms with Gasteiger partial charge in [-0.15, -0.1) is 0 Å². The lowest BCUT2D eigenvalue weighted by molar-refractivity contribution is -0.142. The first-order chi connectivity index (χ1) is 21.5. The molecule has 0 saturated carbocycles. The van der Waals surface area contributed by atoms with E-state index in [2.05, 4.69) is 25.9 Å². The number of aromatic amines is 1. The van der Waals surface area contributed by atoms with Gasteiger partial charge in [0.05, 0.1) is 6.04 Å². The third kappa shape index (κ3) is 10.3. The van der Waals surface area contributed by atoms with E-state index in [-0.39, 0.29) is 37.7 Å². The number of hydrogen-bond donors (Lipinski definition) is 8. The standard InChI is InChI=1S/C32H44N8O5/c1-3-19(2)27(40-28(41)23(33)17-21-18-37-24-13-8-7-12-22(21)24)30(43)38-25(14-9-15-36-32(34)35)29(42)39-26(31(44)45)16-20-10-5-4-6-11-20/h4-8,10-13,18-19,23,25-27,37H,3,9,14-17,33H2,1-2H3,(H,38,43)(H,39,42)(H,40,41)(H,44,45)(H4,34,35,36). The minimum absolute atomic E-state index is 0.0520. The summed E-state index contributed by atoms with van der Waals surface area (Å²) in [6, 6.07) is 12.3. The maximum Gasteiger partial charge on any atom is 0.326 e. The van der Waals surface area contributed by atoms with E-state index in [0.717, 1.165) is 22.0 Å². The van der Waals surface area contributed by atoms with Gasteiger partial charge in [0, 0.05) is 30.1 Å². The summed E-state index contributed by atoms with van der Waals surface area (Å²) >= 11 is 0. The molecule has 0 aliphatic rings. The number of H-pyrrole nitrogens is 1. The Balaban J connectivity index is 1.73. The lowest BCUT2D eigenvalue weighted by atomic mass is 9.96. The summed E-state index contributed by atoms with van der Waals surface area (Å²) in [6.07, 6.45) is 3.10. The monoisotopic (exact) mass is 620 g/mol. The molecule has 11 N–H and O–H groups in total. The molecule has 3 aromatic rings. The molecule has 0 bridgehead atoms. The fourth-order valence-corrected chi connectivity index (χ4v) is 4.95. The van der Waals surface area contributed by atoms with E-state index in [1.54, 1.807) is 24.3 Å². The van der Waals surface area contributed by atoms with E-state index in [9.17, 15) is 24.3 Å². The minimum Gasteiger partial charge on any atom is -0.480 e. The number of benzene rings is 2. The second-order valence-electron chi connectivity index (χ2n) is 11.1. The van der Waals surface area contributed by atoms with Gasteiger partial charge in [0.25, 0.3) is 0 Å². The largest absolute Gasteiger partial charge is 0.480 e. The van der Waals surface area contributed by atoms with Crippen LogP contribution in [0.4, 0.5) is 0 Å². The number of nitrogens with one attached hydrogen (secondary N) is 4. The number of carbonyl (C=O) groups is 4. The number of amides is 3. The van der Waals surface area contributed by atoms with E-state index in [1.165, 1.54) is 0 Å². The Labute approximate surface area is 262 Å². The number of carbonyl (C=O) groups excluding carboxylic acids is 3. The highest BCUT2D eigenvalue weighted by molar-refractivity contribution is 5.94. The Morgan fingerprint density at radius 1 is 0.889 bits per heavy atom. The Morgan fingerprint density at radius 3 is 2.22 bits per heavy atom. The summed E-state index contributed by atoms with van der Waals surface area (Å²) in [7, 11) is 0. The van der Waals surface area contributed by atoms with E-state index in [0.29, 0.717) is 12.8 Å². The van der Waals surface area contributed by atoms with E-state index < -0.39 is 47.9 Å². The van der Waals surface area contributed by atoms with Gasteiger partial charge in [-0.3, -0.25) is 19.4 Å². The van der Waals surface area contributed by atoms with Crippen molar-refractivity contribution in [1.29, 1.82) is 0 Å². The van der Waals surface area contributed by atoms with Gasteiger partial charge in [-0.25, -0.2) is 4.79 Å². The van der Waals surface area contributed by atoms with Crippen molar-refractivity contribution in [3.05, 3.63) is 71.9 Å². The van der Waals surface area contributed by atoms with Crippen molar-refractivity contribution in [3.8, 4) is 0 Å². The molecule has 0 radical (unpaired) electrons. The van der Waals surface area contributed by atoms with Gasteiger partial charge in [-0.1, -0.05) is 68.8 Å². The molecule has 5 unspecified atom stereocenters. The molecule has 0 aliphatic carbocycles. The lowest BCUT2D eigenvalue weighted by Gasteiger charge is -2.28. The average Bonchev–Trinajstić information content (AvgIpc) is 3.43. The number of nitrogens with zero attached hydrogens (tertiary/aromatic N) is 1. The van der Waals surface area contributed by atoms with Crippen LogP contribution in [0.2, 0.25) is 0 Å². The topological polar surface area (TPSA) is 231 Å². The molecule has 13 heteroatoms. The smallest absolute Gasteiger partial charge is 0.326 e. The summed E-state index contributed by atoms with van der Waals surface area (Å²) in [5.74, 6) is -3.41. The number of para-hydroxylation sites is 1. The molecule has 13 nitrogen and oxygen atoms in total. The third-order valence-corrected chi connectivity index (χ3v) is 7.72. The van der Waals surface area contributed by atoms with Gasteiger partial charge in [-0.05, 0) is 42.4 Å². The zero-order valence-electron chi connectivity index (χ0n) is 25.7. The first-order valence-corrected chi connectivity index (χ1v) is 15.0. The van der Waals surface area contributed by atoms with Crippen LogP contribution in [-0.4, -0.2) is 70.5 Å². The number of aliphatic carboxylic acids is 1. The molecule has 0 fully saturated rings. The Morgan fingerprint density at radius 2 is 1.56 bits per heavy atom. The Hall–Kier alpha value is -4.91. The maximum absolute atomic E-state index is 13.6. The number of rotatable bonds is 17. The van der Waals surface area contributed by atoms with Crippen LogP contribution in [0.15, 0.2) is 65.8 Å². The number of fused-ring (bicyclic) bond motifs is 1. The molecule has 45 heavy (non-hydrogen) atoms. The molecular weight excluding hydrogens is 576 g/mol. The number of aliphatic imine (C=N–C) groups is 1. The number of carboxylic acids is 1. The van der Waals surface area contributed by atoms with Crippen molar-refractivity contribution in [2.24, 2.45) is 28.1 Å². The molecular formula is C32H44N8O5. The molecule has 0 spiro atoms. The van der Waals surface area contributed by atoms with Crippen LogP contribution in [0, 0.1) is 5.92 Å². The second kappa shape index (κ2) is 16.8. The van der Waals surface area contributed by atoms with Gasteiger partial charge in [0.1, 0.15) is 18.1 Å². The summed E-state index contributed by atoms with van der Waals surface area (Å²) in [5, 5.41) is 18.8. The van der Waals surface area contributed by atoms with Crippen LogP contribution in [0.5, 0.6) is 0 Å². The highest BCUT2D eigenvalue weighted by Crippen LogP contribution is 2.19. The van der Waals surface area contributed by atoms with Gasteiger partial charge in [-0.2, -0.15) is 0 Å². The molecule has 2 aromatic carbocycles. The average molecular weight is 621 g/mol. The Bertz CT molecular complexity index is 1470. The summed E-state index contributed by atoms with van der Waals surface area (Å²) in [4.78, 5) is 59.4. The summed E-state index contributed by atoms with van der Waals surface area (Å²) in [6.45, 7) is 3.88. The van der Waals surface area contributed by atoms with Crippen molar-refractivity contribution in [1.82, 2.24) is 20.9 Å². The SMILES string of the molecule is CCC(C)C(NC(=O)C(N)Cc1c[nH]c2ccccc12)C(=O)NC(CCCN=C(N)N)C(=O)NC(Cc1ccccc1)C(=O)O. The van der Waals surface area contributed by atoms with Crippen LogP contribution in [-0.2, 0) is 32.0 Å². The molecule has 1 aromatic heterocycles. The molecule has 3 amide bonds. The number of hydrogen-bond acceptors (Lipinski definition) is 6. The normalized spacial score (nSPS) is 14.4. The van der Waals surface area contributed by atoms with E-state index in [4.69, 9.17) is 17.2 Å². The quantitative estimate of drug-likeness (QED) is 0.0613. The van der Waals surface area contributed by atoms with Crippen molar-refractivity contribution in [2.45, 2.75) is 70.1 Å². The summed E-state index contributed by atoms with van der Waals surface area (Å²) < 4.78 is 0. The van der Waals surface area contributed by atoms with Gasteiger partial charge >= 0.3 is 5.97 Å². The zero-order chi connectivity index (χ0) is 32.9. The van der Waals surface area contributed by atoms with Gasteiger partial charge < -0.3 is 43.2 Å². The number of aromatic nitrogens is 1. The second-order valence-corrected chi connectivity index (χ2v) is 11.1. The first-order valence-electron chi connectivity index (χ1n) is 15.0. The summed E-state index contributed by atoms with van der Waals surface area (Å²) in [5.41, 5.74) is 19.6. The first kappa shape index (κ1) is 34.6. The number of carboxylic acid groups (broad SMARTS) is 1. The van der Waals surface area contributed by atoms with Crippen LogP contribution in [0.25, 0.3) is 10.9 Å². The highest BCUT2D eigenvalue weighted by atomic mass is 16.4. The van der Waals surface area contributed by atoms with Crippen molar-refractivity contribution >= 4 is 40.6 Å². The van der Waals surface area contributed by atoms with Crippen LogP contribution in [0.1, 0.15) is 44.2 Å². The molecule has 0 saturated heterocycles. The van der Waals surface area contributed by atoms with Crippen LogP contribution in [0.3, 0.4) is 0 Å².